The molecule has 0 aromatic heterocycles. The fourth-order valence-corrected chi connectivity index (χ4v) is 4.59. The van der Waals surface area contributed by atoms with E-state index in [1.165, 1.54) is 5.56 Å². The topological polar surface area (TPSA) is 90.5 Å². The largest absolute Gasteiger partial charge is 0.344 e. The summed E-state index contributed by atoms with van der Waals surface area (Å²) >= 11 is 0. The van der Waals surface area contributed by atoms with Crippen molar-refractivity contribution in [3.63, 3.8) is 0 Å². The highest BCUT2D eigenvalue weighted by Gasteiger charge is 2.52. The lowest BCUT2D eigenvalue weighted by Crippen LogP contribution is -2.52. The predicted molar refractivity (Wildman–Crippen MR) is 120 cm³/mol. The lowest BCUT2D eigenvalue weighted by atomic mass is 9.82. The zero-order valence-corrected chi connectivity index (χ0v) is 19.2. The van der Waals surface area contributed by atoms with Crippen molar-refractivity contribution in [1.82, 2.24) is 21.1 Å². The lowest BCUT2D eigenvalue weighted by molar-refractivity contribution is -0.139. The molecule has 1 spiro atoms. The minimum absolute atomic E-state index is 0.00970. The maximum Gasteiger partial charge on any atom is 0.344 e. The first kappa shape index (κ1) is 23.3. The van der Waals surface area contributed by atoms with Gasteiger partial charge in [-0.05, 0) is 42.2 Å². The monoisotopic (exact) mass is 428 g/mol. The van der Waals surface area contributed by atoms with Crippen LogP contribution >= 0.6 is 0 Å². The van der Waals surface area contributed by atoms with Crippen LogP contribution in [-0.2, 0) is 9.59 Å². The molecule has 2 aliphatic rings. The standard InChI is InChI=1S/C24H36N4O3/c1-5-17(4)18-9-11-19(12-10-18)21(16(2)3)25-15-20(29)27-28-22(30)24(26-23(28)31)13-7-6-8-14-24/h9-12,16-17,21,25H,5-8,13-15H2,1-4H3,(H,26,31)(H,27,29)/t17-,21-/m1/s1. The third kappa shape index (κ3) is 5.09. The molecule has 1 saturated heterocycles. The number of hydrazine groups is 1. The highest BCUT2D eigenvalue weighted by atomic mass is 16.2. The number of hydrogen-bond acceptors (Lipinski definition) is 4. The predicted octanol–water partition coefficient (Wildman–Crippen LogP) is 3.77. The number of urea groups is 1. The van der Waals surface area contributed by atoms with E-state index in [0.717, 1.165) is 36.3 Å². The summed E-state index contributed by atoms with van der Waals surface area (Å²) in [6.45, 7) is 8.60. The maximum absolute atomic E-state index is 12.8. The second-order valence-electron chi connectivity index (χ2n) is 9.33. The number of nitrogens with zero attached hydrogens (tertiary/aromatic N) is 1. The van der Waals surface area contributed by atoms with Gasteiger partial charge in [0, 0.05) is 6.04 Å². The molecule has 170 valence electrons. The van der Waals surface area contributed by atoms with E-state index in [0.29, 0.717) is 18.8 Å². The molecule has 3 rings (SSSR count). The van der Waals surface area contributed by atoms with E-state index in [2.05, 4.69) is 68.0 Å². The van der Waals surface area contributed by atoms with Crippen molar-refractivity contribution < 1.29 is 14.4 Å². The van der Waals surface area contributed by atoms with Gasteiger partial charge in [-0.1, -0.05) is 71.2 Å². The Morgan fingerprint density at radius 1 is 1.06 bits per heavy atom. The van der Waals surface area contributed by atoms with Gasteiger partial charge in [0.2, 0.25) is 0 Å². The molecular weight excluding hydrogens is 392 g/mol. The quantitative estimate of drug-likeness (QED) is 0.550. The van der Waals surface area contributed by atoms with Gasteiger partial charge in [-0.15, -0.1) is 0 Å². The fraction of sp³-hybridized carbons (Fsp3) is 0.625. The number of carbonyl (C=O) groups is 3. The molecule has 1 aliphatic heterocycles. The Labute approximate surface area is 185 Å². The summed E-state index contributed by atoms with van der Waals surface area (Å²) in [4.78, 5) is 37.7. The Bertz CT molecular complexity index is 800. The lowest BCUT2D eigenvalue weighted by Gasteiger charge is -2.30. The molecule has 3 N–H and O–H groups in total. The SMILES string of the molecule is CC[C@@H](C)c1ccc([C@H](NCC(=O)NN2C(=O)NC3(CCCCC3)C2=O)C(C)C)cc1. The van der Waals surface area contributed by atoms with Gasteiger partial charge >= 0.3 is 6.03 Å². The Kier molecular flexibility index (Phi) is 7.36. The minimum Gasteiger partial charge on any atom is -0.322 e. The summed E-state index contributed by atoms with van der Waals surface area (Å²) < 4.78 is 0. The molecule has 4 amide bonds. The smallest absolute Gasteiger partial charge is 0.322 e. The normalized spacial score (nSPS) is 20.1. The van der Waals surface area contributed by atoms with E-state index in [4.69, 9.17) is 0 Å². The number of hydrogen-bond donors (Lipinski definition) is 3. The van der Waals surface area contributed by atoms with Crippen LogP contribution in [0.1, 0.15) is 89.3 Å². The van der Waals surface area contributed by atoms with Crippen LogP contribution in [0.15, 0.2) is 24.3 Å². The maximum atomic E-state index is 12.8. The summed E-state index contributed by atoms with van der Waals surface area (Å²) in [5.41, 5.74) is 4.08. The zero-order chi connectivity index (χ0) is 22.6. The van der Waals surface area contributed by atoms with Crippen LogP contribution < -0.4 is 16.1 Å². The van der Waals surface area contributed by atoms with Gasteiger partial charge in [-0.2, -0.15) is 5.01 Å². The first-order valence-electron chi connectivity index (χ1n) is 11.6. The Morgan fingerprint density at radius 3 is 2.26 bits per heavy atom. The number of amides is 4. The summed E-state index contributed by atoms with van der Waals surface area (Å²) in [6, 6.07) is 7.98. The van der Waals surface area contributed by atoms with E-state index >= 15 is 0 Å². The van der Waals surface area contributed by atoms with Gasteiger partial charge in [0.25, 0.3) is 11.8 Å². The number of carbonyl (C=O) groups excluding carboxylic acids is 3. The van der Waals surface area contributed by atoms with Crippen LogP contribution in [0.2, 0.25) is 0 Å². The van der Waals surface area contributed by atoms with Crippen LogP contribution in [0.4, 0.5) is 4.79 Å². The number of benzene rings is 1. The van der Waals surface area contributed by atoms with Crippen molar-refractivity contribution in [2.45, 2.75) is 83.7 Å². The number of rotatable bonds is 8. The van der Waals surface area contributed by atoms with Crippen molar-refractivity contribution >= 4 is 17.8 Å². The van der Waals surface area contributed by atoms with E-state index in [1.807, 2.05) is 0 Å². The number of imide groups is 1. The van der Waals surface area contributed by atoms with Crippen molar-refractivity contribution in [3.05, 3.63) is 35.4 Å². The molecule has 1 heterocycles. The molecule has 2 atom stereocenters. The average molecular weight is 429 g/mol. The third-order valence-electron chi connectivity index (χ3n) is 6.73. The summed E-state index contributed by atoms with van der Waals surface area (Å²) in [5, 5.41) is 6.96. The van der Waals surface area contributed by atoms with Crippen LogP contribution in [0, 0.1) is 5.92 Å². The van der Waals surface area contributed by atoms with Gasteiger partial charge in [0.1, 0.15) is 5.54 Å². The Hall–Kier alpha value is -2.41. The van der Waals surface area contributed by atoms with Gasteiger partial charge < -0.3 is 10.6 Å². The molecule has 2 fully saturated rings. The summed E-state index contributed by atoms with van der Waals surface area (Å²) in [5.74, 6) is 0.0381. The molecular formula is C24H36N4O3. The van der Waals surface area contributed by atoms with E-state index < -0.39 is 17.5 Å². The molecule has 1 aromatic carbocycles. The van der Waals surface area contributed by atoms with Gasteiger partial charge in [0.05, 0.1) is 6.54 Å². The molecule has 1 aliphatic carbocycles. The third-order valence-corrected chi connectivity index (χ3v) is 6.73. The van der Waals surface area contributed by atoms with Crippen molar-refractivity contribution in [3.8, 4) is 0 Å². The average Bonchev–Trinajstić information content (AvgIpc) is 2.97. The molecule has 0 unspecified atom stereocenters. The molecule has 31 heavy (non-hydrogen) atoms. The zero-order valence-electron chi connectivity index (χ0n) is 19.2. The summed E-state index contributed by atoms with van der Waals surface area (Å²) in [7, 11) is 0. The molecule has 0 radical (unpaired) electrons. The van der Waals surface area contributed by atoms with Crippen molar-refractivity contribution in [2.75, 3.05) is 6.54 Å². The van der Waals surface area contributed by atoms with Crippen molar-refractivity contribution in [1.29, 1.82) is 0 Å². The van der Waals surface area contributed by atoms with E-state index in [1.54, 1.807) is 0 Å². The molecule has 0 bridgehead atoms. The molecule has 7 nitrogen and oxygen atoms in total. The summed E-state index contributed by atoms with van der Waals surface area (Å²) in [6.07, 6.45) is 5.22. The number of nitrogens with one attached hydrogen (secondary N) is 3. The fourth-order valence-electron chi connectivity index (χ4n) is 4.59. The first-order valence-corrected chi connectivity index (χ1v) is 11.6. The molecule has 1 saturated carbocycles. The minimum atomic E-state index is -0.839. The van der Waals surface area contributed by atoms with Crippen LogP contribution in [0.5, 0.6) is 0 Å². The van der Waals surface area contributed by atoms with Gasteiger partial charge in [-0.25, -0.2) is 4.79 Å². The Balaban J connectivity index is 1.59. The molecule has 1 aromatic rings. The van der Waals surface area contributed by atoms with Crippen LogP contribution in [0.3, 0.4) is 0 Å². The van der Waals surface area contributed by atoms with E-state index in [9.17, 15) is 14.4 Å². The van der Waals surface area contributed by atoms with Crippen LogP contribution in [-0.4, -0.2) is 34.9 Å². The second-order valence-corrected chi connectivity index (χ2v) is 9.33. The first-order chi connectivity index (χ1) is 14.8. The van der Waals surface area contributed by atoms with Crippen molar-refractivity contribution in [2.24, 2.45) is 5.92 Å². The van der Waals surface area contributed by atoms with Gasteiger partial charge in [-0.3, -0.25) is 15.0 Å². The second kappa shape index (κ2) is 9.81. The van der Waals surface area contributed by atoms with Crippen LogP contribution in [0.25, 0.3) is 0 Å². The highest BCUT2D eigenvalue weighted by molar-refractivity contribution is 6.08. The Morgan fingerprint density at radius 2 is 1.68 bits per heavy atom. The molecule has 7 heteroatoms. The van der Waals surface area contributed by atoms with Gasteiger partial charge in [0.15, 0.2) is 0 Å². The highest BCUT2D eigenvalue weighted by Crippen LogP contribution is 2.33. The van der Waals surface area contributed by atoms with E-state index in [-0.39, 0.29) is 24.4 Å².